The molecule has 0 fully saturated rings. The third-order valence-electron chi connectivity index (χ3n) is 6.66. The minimum Gasteiger partial charge on any atom is -0.454 e. The van der Waals surface area contributed by atoms with Gasteiger partial charge in [0.05, 0.1) is 33.1 Å². The summed E-state index contributed by atoms with van der Waals surface area (Å²) in [5, 5.41) is 14.5. The van der Waals surface area contributed by atoms with Gasteiger partial charge in [-0.15, -0.1) is 0 Å². The fraction of sp³-hybridized carbons (Fsp3) is 0.172. The zero-order valence-electron chi connectivity index (χ0n) is 20.9. The summed E-state index contributed by atoms with van der Waals surface area (Å²) in [7, 11) is 1.57. The molecule has 3 aromatic carbocycles. The highest BCUT2D eigenvalue weighted by Gasteiger charge is 2.34. The second-order valence-electron chi connectivity index (χ2n) is 9.18. The van der Waals surface area contributed by atoms with Crippen molar-refractivity contribution in [3.63, 3.8) is 0 Å². The number of nitrogens with zero attached hydrogens (tertiary/aromatic N) is 2. The molecule has 0 saturated carbocycles. The molecule has 2 N–H and O–H groups in total. The first-order chi connectivity index (χ1) is 18.7. The predicted octanol–water partition coefficient (Wildman–Crippen LogP) is 4.73. The van der Waals surface area contributed by atoms with Crippen LogP contribution in [0.2, 0.25) is 10.0 Å². The number of aliphatic hydroxyl groups excluding tert-OH is 1. The highest BCUT2D eigenvalue weighted by atomic mass is 35.5. The lowest BCUT2D eigenvalue weighted by Gasteiger charge is -2.23. The monoisotopic (exact) mass is 563 g/mol. The zero-order chi connectivity index (χ0) is 27.8. The second kappa shape index (κ2) is 10.6. The molecule has 5 rings (SSSR count). The lowest BCUT2D eigenvalue weighted by molar-refractivity contribution is -0.132. The normalized spacial score (nSPS) is 16.7. The lowest BCUT2D eigenvalue weighted by atomic mass is 9.96. The van der Waals surface area contributed by atoms with Crippen LogP contribution >= 0.6 is 23.2 Å². The fourth-order valence-corrected chi connectivity index (χ4v) is 4.73. The minimum absolute atomic E-state index is 0.150. The van der Waals surface area contributed by atoms with E-state index in [1.54, 1.807) is 61.6 Å². The van der Waals surface area contributed by atoms with E-state index >= 15 is 0 Å². The molecule has 10 heteroatoms. The van der Waals surface area contributed by atoms with Crippen LogP contribution in [0, 0.1) is 5.92 Å². The lowest BCUT2D eigenvalue weighted by Crippen LogP contribution is -2.48. The summed E-state index contributed by atoms with van der Waals surface area (Å²) in [5.41, 5.74) is 1.79. The van der Waals surface area contributed by atoms with Crippen molar-refractivity contribution in [2.24, 2.45) is 10.9 Å². The number of carbonyl (C=O) groups excluding carboxylic acids is 2. The molecule has 4 aromatic rings. The molecule has 1 aromatic heterocycles. The summed E-state index contributed by atoms with van der Waals surface area (Å²) in [6, 6.07) is 19.8. The van der Waals surface area contributed by atoms with E-state index in [0.29, 0.717) is 32.8 Å². The van der Waals surface area contributed by atoms with E-state index in [0.717, 1.165) is 0 Å². The second-order valence-corrected chi connectivity index (χ2v) is 10.00. The number of aliphatic hydroxyl groups is 1. The molecule has 8 nitrogen and oxygen atoms in total. The first-order valence-corrected chi connectivity index (χ1v) is 12.8. The number of likely N-dealkylation sites (N-methyl/N-ethyl adjacent to an activating group) is 1. The molecule has 0 radical (unpaired) electrons. The van der Waals surface area contributed by atoms with Crippen molar-refractivity contribution in [3.8, 4) is 0 Å². The molecule has 1 unspecified atom stereocenters. The summed E-state index contributed by atoms with van der Waals surface area (Å²) in [5.74, 6) is -1.94. The van der Waals surface area contributed by atoms with Crippen molar-refractivity contribution in [1.29, 1.82) is 0 Å². The Kier molecular flexibility index (Phi) is 7.27. The first-order valence-electron chi connectivity index (χ1n) is 12.1. The van der Waals surface area contributed by atoms with Gasteiger partial charge in [-0.25, -0.2) is 4.99 Å². The van der Waals surface area contributed by atoms with Gasteiger partial charge < -0.3 is 19.7 Å². The van der Waals surface area contributed by atoms with Crippen LogP contribution in [0.15, 0.2) is 87.0 Å². The third-order valence-corrected chi connectivity index (χ3v) is 7.40. The minimum atomic E-state index is -1.36. The zero-order valence-corrected chi connectivity index (χ0v) is 22.4. The molecule has 0 spiro atoms. The molecule has 39 heavy (non-hydrogen) atoms. The standard InChI is InChI=1S/C29H23Cl2N3O5/c1-15(26(36)16-11-12-19(30)20(31)13-16)28(37)33-27-29(38)34(2)21-9-5-3-7-17(21)25(32-27)24-14-22(35)18-8-4-6-10-23(18)39-24/h3-15,26-27,36H,1-2H3,(H,33,37)/t15-,26-,27?/m1/s1. The highest BCUT2D eigenvalue weighted by molar-refractivity contribution is 6.42. The summed E-state index contributed by atoms with van der Waals surface area (Å²) >= 11 is 12.0. The smallest absolute Gasteiger partial charge is 0.272 e. The Morgan fingerprint density at radius 1 is 1.03 bits per heavy atom. The number of anilines is 1. The molecule has 198 valence electrons. The van der Waals surface area contributed by atoms with Crippen molar-refractivity contribution in [2.75, 3.05) is 11.9 Å². The molecule has 0 bridgehead atoms. The maximum atomic E-state index is 13.5. The molecule has 1 aliphatic heterocycles. The van der Waals surface area contributed by atoms with E-state index in [1.165, 1.54) is 30.0 Å². The van der Waals surface area contributed by atoms with Crippen molar-refractivity contribution in [3.05, 3.63) is 110 Å². The van der Waals surface area contributed by atoms with Crippen LogP contribution in [-0.2, 0) is 9.59 Å². The van der Waals surface area contributed by atoms with Gasteiger partial charge in [0.15, 0.2) is 11.2 Å². The van der Waals surface area contributed by atoms with Crippen LogP contribution in [0.5, 0.6) is 0 Å². The summed E-state index contributed by atoms with van der Waals surface area (Å²) in [6.07, 6.45) is -2.58. The van der Waals surface area contributed by atoms with Crippen LogP contribution in [0.3, 0.4) is 0 Å². The number of nitrogens with one attached hydrogen (secondary N) is 1. The van der Waals surface area contributed by atoms with E-state index < -0.39 is 30.0 Å². The number of amides is 2. The van der Waals surface area contributed by atoms with Gasteiger partial charge in [-0.05, 0) is 35.9 Å². The van der Waals surface area contributed by atoms with Gasteiger partial charge in [0.1, 0.15) is 11.3 Å². The summed E-state index contributed by atoms with van der Waals surface area (Å²) in [6.45, 7) is 1.52. The average molecular weight is 564 g/mol. The van der Waals surface area contributed by atoms with Crippen LogP contribution in [0.4, 0.5) is 5.69 Å². The Labute approximate surface area is 233 Å². The number of hydrogen-bond acceptors (Lipinski definition) is 6. The van der Waals surface area contributed by atoms with Gasteiger partial charge in [0, 0.05) is 18.7 Å². The molecule has 2 heterocycles. The molecule has 1 aliphatic rings. The Morgan fingerprint density at radius 3 is 2.51 bits per heavy atom. The highest BCUT2D eigenvalue weighted by Crippen LogP contribution is 2.30. The van der Waals surface area contributed by atoms with Gasteiger partial charge in [0.2, 0.25) is 12.1 Å². The van der Waals surface area contributed by atoms with E-state index in [4.69, 9.17) is 27.6 Å². The number of benzene rings is 3. The quantitative estimate of drug-likeness (QED) is 0.364. The SMILES string of the molecule is C[C@@H](C(=O)NC1N=C(c2cc(=O)c3ccccc3o2)c2ccccc2N(C)C1=O)[C@@H](O)c1ccc(Cl)c(Cl)c1. The van der Waals surface area contributed by atoms with Crippen molar-refractivity contribution in [1.82, 2.24) is 5.32 Å². The average Bonchev–Trinajstić information content (AvgIpc) is 3.04. The number of halogens is 2. The Morgan fingerprint density at radius 2 is 1.74 bits per heavy atom. The number of benzodiazepines with no additional fused rings is 1. The van der Waals surface area contributed by atoms with Crippen LogP contribution in [0.25, 0.3) is 11.0 Å². The van der Waals surface area contributed by atoms with E-state index in [9.17, 15) is 19.5 Å². The van der Waals surface area contributed by atoms with Gasteiger partial charge in [-0.3, -0.25) is 14.4 Å². The number of hydrogen-bond donors (Lipinski definition) is 2. The van der Waals surface area contributed by atoms with Crippen molar-refractivity contribution < 1.29 is 19.1 Å². The fourth-order valence-electron chi connectivity index (χ4n) is 4.43. The van der Waals surface area contributed by atoms with Gasteiger partial charge >= 0.3 is 0 Å². The Hall–Kier alpha value is -3.98. The summed E-state index contributed by atoms with van der Waals surface area (Å²) in [4.78, 5) is 45.5. The van der Waals surface area contributed by atoms with E-state index in [-0.39, 0.29) is 21.9 Å². The van der Waals surface area contributed by atoms with Gasteiger partial charge in [0.25, 0.3) is 5.91 Å². The van der Waals surface area contributed by atoms with E-state index in [2.05, 4.69) is 10.3 Å². The number of carbonyl (C=O) groups is 2. The largest absolute Gasteiger partial charge is 0.454 e. The molecule has 0 aliphatic carbocycles. The van der Waals surface area contributed by atoms with Gasteiger partial charge in [-0.2, -0.15) is 0 Å². The van der Waals surface area contributed by atoms with Crippen LogP contribution < -0.4 is 15.6 Å². The topological polar surface area (TPSA) is 112 Å². The molecule has 0 saturated heterocycles. The predicted molar refractivity (Wildman–Crippen MR) is 150 cm³/mol. The van der Waals surface area contributed by atoms with Crippen molar-refractivity contribution in [2.45, 2.75) is 19.2 Å². The van der Waals surface area contributed by atoms with Crippen molar-refractivity contribution >= 4 is 57.4 Å². The Balaban J connectivity index is 1.54. The maximum absolute atomic E-state index is 13.5. The molecule has 3 atom stereocenters. The van der Waals surface area contributed by atoms with Gasteiger partial charge in [-0.1, -0.05) is 66.5 Å². The Bertz CT molecular complexity index is 1700. The number of para-hydroxylation sites is 2. The maximum Gasteiger partial charge on any atom is 0.272 e. The van der Waals surface area contributed by atoms with Crippen LogP contribution in [0.1, 0.15) is 29.9 Å². The summed E-state index contributed by atoms with van der Waals surface area (Å²) < 4.78 is 6.05. The molecular formula is C29H23Cl2N3O5. The number of fused-ring (bicyclic) bond motifs is 2. The van der Waals surface area contributed by atoms with E-state index in [1.807, 2.05) is 0 Å². The van der Waals surface area contributed by atoms with Crippen LogP contribution in [-0.4, -0.2) is 35.8 Å². The molecular weight excluding hydrogens is 541 g/mol. The first kappa shape index (κ1) is 26.6. The number of rotatable bonds is 5. The number of aliphatic imine (C=N–C) groups is 1. The third kappa shape index (κ3) is 5.06. The molecule has 2 amide bonds.